The van der Waals surface area contributed by atoms with E-state index in [1.54, 1.807) is 25.5 Å². The van der Waals surface area contributed by atoms with E-state index in [1.165, 1.54) is 11.8 Å². The molecule has 1 heterocycles. The Bertz CT molecular complexity index is 392. The number of hydrogen-bond acceptors (Lipinski definition) is 4. The summed E-state index contributed by atoms with van der Waals surface area (Å²) in [4.78, 5) is 28.0. The van der Waals surface area contributed by atoms with E-state index in [0.29, 0.717) is 6.42 Å². The van der Waals surface area contributed by atoms with Crippen LogP contribution in [0.4, 0.5) is 0 Å². The van der Waals surface area contributed by atoms with Crippen LogP contribution >= 0.6 is 0 Å². The van der Waals surface area contributed by atoms with Gasteiger partial charge in [0.2, 0.25) is 5.91 Å². The van der Waals surface area contributed by atoms with E-state index < -0.39 is 6.04 Å². The topological polar surface area (TPSA) is 76.3 Å². The number of carbonyl (C=O) groups excluding carboxylic acids is 2. The highest BCUT2D eigenvalue weighted by Gasteiger charge is 2.19. The van der Waals surface area contributed by atoms with Crippen molar-refractivity contribution in [3.05, 3.63) is 30.1 Å². The first-order chi connectivity index (χ1) is 8.00. The Hall–Kier alpha value is -1.75. The largest absolute Gasteiger partial charge is 0.337 e. The SMILES string of the molecule is CC(=O)CN(C)C(=O)[C@@H](N)Cc1cccnc1. The summed E-state index contributed by atoms with van der Waals surface area (Å²) in [6, 6.07) is 3.03. The molecule has 17 heavy (non-hydrogen) atoms. The molecule has 1 atom stereocenters. The minimum absolute atomic E-state index is 0.0607. The first-order valence-corrected chi connectivity index (χ1v) is 5.39. The van der Waals surface area contributed by atoms with Gasteiger partial charge < -0.3 is 10.6 Å². The zero-order valence-corrected chi connectivity index (χ0v) is 10.1. The standard InChI is InChI=1S/C12H17N3O2/c1-9(16)8-15(2)12(17)11(13)6-10-4-3-5-14-7-10/h3-5,7,11H,6,8,13H2,1-2H3/t11-/m0/s1. The third-order valence-electron chi connectivity index (χ3n) is 2.33. The molecule has 0 radical (unpaired) electrons. The Balaban J connectivity index is 2.55. The molecular weight excluding hydrogens is 218 g/mol. The summed E-state index contributed by atoms with van der Waals surface area (Å²) < 4.78 is 0. The number of carbonyl (C=O) groups is 2. The summed E-state index contributed by atoms with van der Waals surface area (Å²) >= 11 is 0. The van der Waals surface area contributed by atoms with Crippen molar-refractivity contribution in [2.45, 2.75) is 19.4 Å². The molecule has 0 spiro atoms. The molecule has 0 unspecified atom stereocenters. The van der Waals surface area contributed by atoms with Crippen LogP contribution in [0.3, 0.4) is 0 Å². The Labute approximate surface area is 101 Å². The number of nitrogens with zero attached hydrogens (tertiary/aromatic N) is 2. The summed E-state index contributed by atoms with van der Waals surface area (Å²) in [5, 5.41) is 0. The van der Waals surface area contributed by atoms with E-state index in [0.717, 1.165) is 5.56 Å². The lowest BCUT2D eigenvalue weighted by Gasteiger charge is -2.19. The number of likely N-dealkylation sites (N-methyl/N-ethyl adjacent to an activating group) is 1. The van der Waals surface area contributed by atoms with E-state index in [1.807, 2.05) is 6.07 Å². The predicted octanol–water partition coefficient (Wildman–Crippen LogP) is -0.00120. The number of amides is 1. The molecule has 0 saturated carbocycles. The van der Waals surface area contributed by atoms with Gasteiger partial charge in [0.25, 0.3) is 0 Å². The van der Waals surface area contributed by atoms with Crippen LogP contribution in [0.15, 0.2) is 24.5 Å². The van der Waals surface area contributed by atoms with Crippen LogP contribution in [0.2, 0.25) is 0 Å². The Morgan fingerprint density at radius 3 is 2.76 bits per heavy atom. The average molecular weight is 235 g/mol. The van der Waals surface area contributed by atoms with Crippen LogP contribution in [0.5, 0.6) is 0 Å². The maximum atomic E-state index is 11.8. The van der Waals surface area contributed by atoms with Gasteiger partial charge in [-0.25, -0.2) is 0 Å². The fourth-order valence-corrected chi connectivity index (χ4v) is 1.56. The molecule has 92 valence electrons. The van der Waals surface area contributed by atoms with Crippen LogP contribution in [-0.4, -0.2) is 41.2 Å². The van der Waals surface area contributed by atoms with Crippen molar-refractivity contribution in [3.63, 3.8) is 0 Å². The normalized spacial score (nSPS) is 11.9. The van der Waals surface area contributed by atoms with Crippen molar-refractivity contribution in [2.75, 3.05) is 13.6 Å². The molecule has 2 N–H and O–H groups in total. The lowest BCUT2D eigenvalue weighted by Crippen LogP contribution is -2.44. The predicted molar refractivity (Wildman–Crippen MR) is 64.2 cm³/mol. The van der Waals surface area contributed by atoms with Crippen LogP contribution < -0.4 is 5.73 Å². The van der Waals surface area contributed by atoms with Gasteiger partial charge in [0.05, 0.1) is 12.6 Å². The van der Waals surface area contributed by atoms with Crippen molar-refractivity contribution >= 4 is 11.7 Å². The summed E-state index contributed by atoms with van der Waals surface area (Å²) in [6.45, 7) is 1.54. The summed E-state index contributed by atoms with van der Waals surface area (Å²) in [7, 11) is 1.58. The Kier molecular flexibility index (Phi) is 4.78. The molecule has 1 aromatic heterocycles. The Morgan fingerprint density at radius 1 is 1.53 bits per heavy atom. The summed E-state index contributed by atoms with van der Waals surface area (Å²) in [5.41, 5.74) is 6.70. The molecule has 1 rings (SSSR count). The number of Topliss-reactive ketones (excluding diaryl/α,β-unsaturated/α-hetero) is 1. The highest BCUT2D eigenvalue weighted by atomic mass is 16.2. The second-order valence-corrected chi connectivity index (χ2v) is 4.07. The number of rotatable bonds is 5. The molecular formula is C12H17N3O2. The van der Waals surface area contributed by atoms with E-state index in [4.69, 9.17) is 5.73 Å². The van der Waals surface area contributed by atoms with Gasteiger partial charge in [-0.2, -0.15) is 0 Å². The molecule has 1 amide bonds. The molecule has 0 aliphatic heterocycles. The van der Waals surface area contributed by atoms with Gasteiger partial charge in [0.1, 0.15) is 5.78 Å². The fraction of sp³-hybridized carbons (Fsp3) is 0.417. The summed E-state index contributed by atoms with van der Waals surface area (Å²) in [6.07, 6.45) is 3.77. The molecule has 1 aromatic rings. The maximum absolute atomic E-state index is 11.8. The van der Waals surface area contributed by atoms with Crippen LogP contribution in [-0.2, 0) is 16.0 Å². The lowest BCUT2D eigenvalue weighted by atomic mass is 10.1. The number of ketones is 1. The average Bonchev–Trinajstić information content (AvgIpc) is 2.28. The van der Waals surface area contributed by atoms with Gasteiger partial charge in [-0.1, -0.05) is 6.07 Å². The van der Waals surface area contributed by atoms with Crippen molar-refractivity contribution in [3.8, 4) is 0 Å². The molecule has 0 saturated heterocycles. The summed E-state index contributed by atoms with van der Waals surface area (Å²) in [5.74, 6) is -0.293. The number of pyridine rings is 1. The lowest BCUT2D eigenvalue weighted by molar-refractivity contribution is -0.134. The number of aromatic nitrogens is 1. The monoisotopic (exact) mass is 235 g/mol. The van der Waals surface area contributed by atoms with Gasteiger partial charge in [-0.3, -0.25) is 14.6 Å². The van der Waals surface area contributed by atoms with Crippen molar-refractivity contribution in [1.82, 2.24) is 9.88 Å². The van der Waals surface area contributed by atoms with Gasteiger partial charge in [0.15, 0.2) is 0 Å². The zero-order valence-electron chi connectivity index (χ0n) is 10.1. The fourth-order valence-electron chi connectivity index (χ4n) is 1.56. The molecule has 0 aliphatic rings. The van der Waals surface area contributed by atoms with E-state index in [-0.39, 0.29) is 18.2 Å². The molecule has 5 heteroatoms. The molecule has 0 bridgehead atoms. The first-order valence-electron chi connectivity index (χ1n) is 5.39. The zero-order chi connectivity index (χ0) is 12.8. The Morgan fingerprint density at radius 2 is 2.24 bits per heavy atom. The minimum Gasteiger partial charge on any atom is -0.337 e. The van der Waals surface area contributed by atoms with Crippen LogP contribution in [0, 0.1) is 0 Å². The van der Waals surface area contributed by atoms with Crippen molar-refractivity contribution in [1.29, 1.82) is 0 Å². The highest BCUT2D eigenvalue weighted by molar-refractivity contribution is 5.87. The van der Waals surface area contributed by atoms with Crippen molar-refractivity contribution in [2.24, 2.45) is 5.73 Å². The molecule has 5 nitrogen and oxygen atoms in total. The van der Waals surface area contributed by atoms with Crippen molar-refractivity contribution < 1.29 is 9.59 Å². The van der Waals surface area contributed by atoms with Gasteiger partial charge in [-0.05, 0) is 25.0 Å². The van der Waals surface area contributed by atoms with Crippen LogP contribution in [0.1, 0.15) is 12.5 Å². The van der Waals surface area contributed by atoms with Gasteiger partial charge >= 0.3 is 0 Å². The third kappa shape index (κ3) is 4.32. The minimum atomic E-state index is -0.636. The second kappa shape index (κ2) is 6.10. The van der Waals surface area contributed by atoms with E-state index in [2.05, 4.69) is 4.98 Å². The molecule has 0 aliphatic carbocycles. The van der Waals surface area contributed by atoms with E-state index >= 15 is 0 Å². The number of hydrogen-bond donors (Lipinski definition) is 1. The van der Waals surface area contributed by atoms with Gasteiger partial charge in [-0.15, -0.1) is 0 Å². The quantitative estimate of drug-likeness (QED) is 0.779. The van der Waals surface area contributed by atoms with Gasteiger partial charge in [0, 0.05) is 19.4 Å². The first kappa shape index (κ1) is 13.3. The van der Waals surface area contributed by atoms with Crippen LogP contribution in [0.25, 0.3) is 0 Å². The van der Waals surface area contributed by atoms with E-state index in [9.17, 15) is 9.59 Å². The smallest absolute Gasteiger partial charge is 0.239 e. The number of nitrogens with two attached hydrogens (primary N) is 1. The molecule has 0 aromatic carbocycles. The second-order valence-electron chi connectivity index (χ2n) is 4.07. The third-order valence-corrected chi connectivity index (χ3v) is 2.33. The molecule has 0 fully saturated rings. The highest BCUT2D eigenvalue weighted by Crippen LogP contribution is 2.02. The maximum Gasteiger partial charge on any atom is 0.239 e.